The van der Waals surface area contributed by atoms with Gasteiger partial charge < -0.3 is 10.5 Å². The minimum absolute atomic E-state index is 0.0471. The second kappa shape index (κ2) is 5.32. The average Bonchev–Trinajstić information content (AvgIpc) is 2.14. The molecule has 2 N–H and O–H groups in total. The van der Waals surface area contributed by atoms with E-state index in [4.69, 9.17) is 22.1 Å². The lowest BCUT2D eigenvalue weighted by molar-refractivity contribution is 0.392. The molecule has 0 unspecified atom stereocenters. The molecule has 0 amide bonds. The predicted molar refractivity (Wildman–Crippen MR) is 59.4 cm³/mol. The van der Waals surface area contributed by atoms with E-state index >= 15 is 0 Å². The molecule has 0 fully saturated rings. The third-order valence-corrected chi connectivity index (χ3v) is 2.54. The summed E-state index contributed by atoms with van der Waals surface area (Å²) in [5, 5.41) is 0.244. The second-order valence-electron chi connectivity index (χ2n) is 2.56. The Hall–Kier alpha value is -0.610. The topological polar surface area (TPSA) is 35.2 Å². The first-order valence-corrected chi connectivity index (χ1v) is 5.63. The number of hydrogen-bond donors (Lipinski definition) is 1. The van der Waals surface area contributed by atoms with Crippen molar-refractivity contribution in [3.63, 3.8) is 0 Å². The average molecular weight is 236 g/mol. The smallest absolute Gasteiger partial charge is 0.147 e. The predicted octanol–water partition coefficient (Wildman–Crippen LogP) is 3.15. The lowest BCUT2D eigenvalue weighted by Crippen LogP contribution is -1.97. The highest BCUT2D eigenvalue weighted by molar-refractivity contribution is 7.99. The molecule has 1 aromatic rings. The van der Waals surface area contributed by atoms with Crippen LogP contribution in [0, 0.1) is 5.82 Å². The molecule has 0 bridgehead atoms. The summed E-state index contributed by atoms with van der Waals surface area (Å²) in [4.78, 5) is 0. The van der Waals surface area contributed by atoms with E-state index in [1.165, 1.54) is 6.07 Å². The van der Waals surface area contributed by atoms with Gasteiger partial charge in [-0.2, -0.15) is 0 Å². The van der Waals surface area contributed by atoms with Gasteiger partial charge in [0.05, 0.1) is 10.7 Å². The van der Waals surface area contributed by atoms with E-state index in [1.54, 1.807) is 11.8 Å². The van der Waals surface area contributed by atoms with Gasteiger partial charge in [-0.15, -0.1) is 11.8 Å². The molecule has 0 saturated heterocycles. The molecular formula is C9H11ClFNOS. The van der Waals surface area contributed by atoms with Crippen LogP contribution in [-0.2, 0) is 0 Å². The molecule has 5 heteroatoms. The molecule has 14 heavy (non-hydrogen) atoms. The normalized spacial score (nSPS) is 10.2. The number of ether oxygens (including phenoxy) is 1. The molecular weight excluding hydrogens is 225 g/mol. The van der Waals surface area contributed by atoms with E-state index in [1.807, 2.05) is 6.92 Å². The van der Waals surface area contributed by atoms with Crippen LogP contribution in [0.3, 0.4) is 0 Å². The standard InChI is InChI=1S/C9H11ClFNOS/c1-2-14-5-13-9-4-8(12)7(11)3-6(9)10/h3-4H,2,5,12H2,1H3. The maximum Gasteiger partial charge on any atom is 0.147 e. The highest BCUT2D eigenvalue weighted by Gasteiger charge is 2.06. The van der Waals surface area contributed by atoms with Gasteiger partial charge in [-0.3, -0.25) is 0 Å². The number of nitrogens with two attached hydrogens (primary N) is 1. The SMILES string of the molecule is CCSCOc1cc(N)c(F)cc1Cl. The lowest BCUT2D eigenvalue weighted by Gasteiger charge is -2.08. The van der Waals surface area contributed by atoms with Crippen molar-refractivity contribution >= 4 is 29.1 Å². The van der Waals surface area contributed by atoms with Crippen LogP contribution in [0.4, 0.5) is 10.1 Å². The highest BCUT2D eigenvalue weighted by atomic mass is 35.5. The summed E-state index contributed by atoms with van der Waals surface area (Å²) in [5.41, 5.74) is 5.42. The van der Waals surface area contributed by atoms with Gasteiger partial charge in [-0.25, -0.2) is 4.39 Å². The summed E-state index contributed by atoms with van der Waals surface area (Å²) in [7, 11) is 0. The molecule has 0 aliphatic carbocycles. The summed E-state index contributed by atoms with van der Waals surface area (Å²) in [6.45, 7) is 2.02. The fraction of sp³-hybridized carbons (Fsp3) is 0.333. The molecule has 0 radical (unpaired) electrons. The summed E-state index contributed by atoms with van der Waals surface area (Å²) in [5.74, 6) is 1.34. The molecule has 1 aromatic carbocycles. The summed E-state index contributed by atoms with van der Waals surface area (Å²) < 4.78 is 18.2. The Bertz CT molecular complexity index is 322. The number of benzene rings is 1. The van der Waals surface area contributed by atoms with Crippen LogP contribution >= 0.6 is 23.4 Å². The lowest BCUT2D eigenvalue weighted by atomic mass is 10.3. The fourth-order valence-corrected chi connectivity index (χ4v) is 1.43. The highest BCUT2D eigenvalue weighted by Crippen LogP contribution is 2.29. The van der Waals surface area contributed by atoms with Gasteiger partial charge in [-0.05, 0) is 11.8 Å². The molecule has 0 aromatic heterocycles. The van der Waals surface area contributed by atoms with Crippen molar-refractivity contribution in [2.24, 2.45) is 0 Å². The number of hydrogen-bond acceptors (Lipinski definition) is 3. The Morgan fingerprint density at radius 2 is 2.29 bits per heavy atom. The third-order valence-electron chi connectivity index (χ3n) is 1.55. The van der Waals surface area contributed by atoms with Crippen molar-refractivity contribution < 1.29 is 9.13 Å². The fourth-order valence-electron chi connectivity index (χ4n) is 0.844. The molecule has 1 rings (SSSR count). The zero-order valence-corrected chi connectivity index (χ0v) is 9.29. The summed E-state index contributed by atoms with van der Waals surface area (Å²) in [6, 6.07) is 2.55. The Labute approximate surface area is 91.6 Å². The molecule has 78 valence electrons. The van der Waals surface area contributed by atoms with Gasteiger partial charge in [0.1, 0.15) is 17.5 Å². The molecule has 0 aliphatic heterocycles. The minimum Gasteiger partial charge on any atom is -0.481 e. The van der Waals surface area contributed by atoms with E-state index in [2.05, 4.69) is 0 Å². The van der Waals surface area contributed by atoms with E-state index in [-0.39, 0.29) is 10.7 Å². The van der Waals surface area contributed by atoms with Crippen molar-refractivity contribution in [2.45, 2.75) is 6.92 Å². The molecule has 0 spiro atoms. The van der Waals surface area contributed by atoms with Crippen molar-refractivity contribution in [3.05, 3.63) is 23.0 Å². The number of nitrogen functional groups attached to an aromatic ring is 1. The van der Waals surface area contributed by atoms with Crippen LogP contribution in [-0.4, -0.2) is 11.7 Å². The third kappa shape index (κ3) is 2.96. The number of anilines is 1. The van der Waals surface area contributed by atoms with Crippen molar-refractivity contribution in [2.75, 3.05) is 17.4 Å². The quantitative estimate of drug-likeness (QED) is 0.495. The molecule has 2 nitrogen and oxygen atoms in total. The first kappa shape index (κ1) is 11.5. The van der Waals surface area contributed by atoms with E-state index in [0.717, 1.165) is 11.8 Å². The van der Waals surface area contributed by atoms with Gasteiger partial charge in [-0.1, -0.05) is 18.5 Å². The monoisotopic (exact) mass is 235 g/mol. The molecule has 0 atom stereocenters. The first-order chi connectivity index (χ1) is 6.65. The number of rotatable bonds is 4. The van der Waals surface area contributed by atoms with Gasteiger partial charge in [0.2, 0.25) is 0 Å². The largest absolute Gasteiger partial charge is 0.481 e. The van der Waals surface area contributed by atoms with E-state index in [0.29, 0.717) is 11.7 Å². The zero-order chi connectivity index (χ0) is 10.6. The Balaban J connectivity index is 2.72. The zero-order valence-electron chi connectivity index (χ0n) is 7.72. The minimum atomic E-state index is -0.523. The molecule has 0 heterocycles. The summed E-state index contributed by atoms with van der Waals surface area (Å²) >= 11 is 7.36. The number of thioether (sulfide) groups is 1. The van der Waals surface area contributed by atoms with Crippen LogP contribution in [0.2, 0.25) is 5.02 Å². The van der Waals surface area contributed by atoms with E-state index in [9.17, 15) is 4.39 Å². The van der Waals surface area contributed by atoms with Crippen molar-refractivity contribution in [3.8, 4) is 5.75 Å². The van der Waals surface area contributed by atoms with Crippen LogP contribution in [0.15, 0.2) is 12.1 Å². The number of halogens is 2. The van der Waals surface area contributed by atoms with Crippen molar-refractivity contribution in [1.29, 1.82) is 0 Å². The van der Waals surface area contributed by atoms with Crippen LogP contribution < -0.4 is 10.5 Å². The maximum atomic E-state index is 12.9. The Morgan fingerprint density at radius 3 is 2.93 bits per heavy atom. The van der Waals surface area contributed by atoms with Crippen LogP contribution in [0.25, 0.3) is 0 Å². The maximum absolute atomic E-state index is 12.9. The van der Waals surface area contributed by atoms with Crippen LogP contribution in [0.1, 0.15) is 6.92 Å². The van der Waals surface area contributed by atoms with Gasteiger partial charge in [0, 0.05) is 6.07 Å². The Kier molecular flexibility index (Phi) is 4.35. The summed E-state index contributed by atoms with van der Waals surface area (Å²) in [6.07, 6.45) is 0. The molecule has 0 saturated carbocycles. The van der Waals surface area contributed by atoms with Crippen LogP contribution in [0.5, 0.6) is 5.75 Å². The van der Waals surface area contributed by atoms with E-state index < -0.39 is 5.82 Å². The van der Waals surface area contributed by atoms with Crippen molar-refractivity contribution in [1.82, 2.24) is 0 Å². The first-order valence-electron chi connectivity index (χ1n) is 4.10. The molecule has 0 aliphatic rings. The second-order valence-corrected chi connectivity index (χ2v) is 4.19. The van der Waals surface area contributed by atoms with Gasteiger partial charge >= 0.3 is 0 Å². The Morgan fingerprint density at radius 1 is 1.57 bits per heavy atom. The van der Waals surface area contributed by atoms with Gasteiger partial charge in [0.15, 0.2) is 0 Å². The van der Waals surface area contributed by atoms with Gasteiger partial charge in [0.25, 0.3) is 0 Å².